The standard InChI is InChI=1S/C33H46F3NO2Si/c1-20(2)28-26-27(25-23(37-28)18-31(6,7)19-24(25)39-40(8,9)30(3,4)5)32(16-10-11-17-32)38-29(26)21-12-14-22(15-13-21)33(34,35)36/h12-15,20,24,29H,10-11,16-19H2,1-9H3. The Balaban J connectivity index is 1.75. The zero-order valence-electron chi connectivity index (χ0n) is 25.7. The van der Waals surface area contributed by atoms with E-state index in [1.54, 1.807) is 12.1 Å². The first-order valence-electron chi connectivity index (χ1n) is 15.0. The van der Waals surface area contributed by atoms with Gasteiger partial charge in [0.1, 0.15) is 6.10 Å². The summed E-state index contributed by atoms with van der Waals surface area (Å²) in [6.45, 7) is 20.4. The Bertz CT molecular complexity index is 1270. The number of ether oxygens (including phenoxy) is 1. The monoisotopic (exact) mass is 573 g/mol. The molecular formula is C33H46F3NO2Si. The van der Waals surface area contributed by atoms with Crippen molar-refractivity contribution in [2.45, 2.75) is 135 Å². The number of alkyl halides is 3. The summed E-state index contributed by atoms with van der Waals surface area (Å²) in [4.78, 5) is 5.39. The van der Waals surface area contributed by atoms with Crippen molar-refractivity contribution >= 4 is 8.32 Å². The molecule has 2 aromatic rings. The molecule has 0 radical (unpaired) electrons. The molecule has 1 saturated carbocycles. The highest BCUT2D eigenvalue weighted by atomic mass is 28.4. The summed E-state index contributed by atoms with van der Waals surface area (Å²) in [5.41, 5.74) is 5.43. The zero-order chi connectivity index (χ0) is 29.5. The van der Waals surface area contributed by atoms with Crippen LogP contribution in [0.15, 0.2) is 24.3 Å². The lowest BCUT2D eigenvalue weighted by atomic mass is 9.70. The van der Waals surface area contributed by atoms with Gasteiger partial charge in [0.2, 0.25) is 0 Å². The maximum Gasteiger partial charge on any atom is 0.416 e. The number of fused-ring (bicyclic) bond motifs is 4. The fraction of sp³-hybridized carbons (Fsp3) is 0.667. The summed E-state index contributed by atoms with van der Waals surface area (Å²) in [6, 6.07) is 5.57. The van der Waals surface area contributed by atoms with Gasteiger partial charge in [-0.25, -0.2) is 0 Å². The minimum absolute atomic E-state index is 0.0463. The Labute approximate surface area is 239 Å². The number of halogens is 3. The lowest BCUT2D eigenvalue weighted by molar-refractivity contribution is -0.137. The highest BCUT2D eigenvalue weighted by Crippen LogP contribution is 2.60. The maximum atomic E-state index is 13.4. The molecule has 1 aromatic heterocycles. The van der Waals surface area contributed by atoms with Crippen LogP contribution in [0.4, 0.5) is 13.2 Å². The SMILES string of the molecule is CC(C)c1nc2c(c3c1C(c1ccc(C(F)(F)F)cc1)OC31CCCC1)C(O[Si](C)(C)C(C)(C)C)CC(C)(C)C2. The molecule has 0 N–H and O–H groups in total. The summed E-state index contributed by atoms with van der Waals surface area (Å²) in [5, 5.41) is 0.0630. The molecule has 40 heavy (non-hydrogen) atoms. The van der Waals surface area contributed by atoms with Crippen molar-refractivity contribution in [2.24, 2.45) is 5.41 Å². The number of pyridine rings is 1. The predicted octanol–water partition coefficient (Wildman–Crippen LogP) is 10.1. The van der Waals surface area contributed by atoms with Gasteiger partial charge in [-0.1, -0.05) is 73.4 Å². The van der Waals surface area contributed by atoms with E-state index in [1.165, 1.54) is 23.3 Å². The number of benzene rings is 1. The van der Waals surface area contributed by atoms with Gasteiger partial charge in [0.25, 0.3) is 0 Å². The molecule has 3 aliphatic rings. The van der Waals surface area contributed by atoms with E-state index in [4.69, 9.17) is 14.1 Å². The Hall–Kier alpha value is -1.70. The predicted molar refractivity (Wildman–Crippen MR) is 156 cm³/mol. The third-order valence-corrected chi connectivity index (χ3v) is 14.4. The average molecular weight is 574 g/mol. The summed E-state index contributed by atoms with van der Waals surface area (Å²) >= 11 is 0. The maximum absolute atomic E-state index is 13.4. The zero-order valence-corrected chi connectivity index (χ0v) is 26.7. The summed E-state index contributed by atoms with van der Waals surface area (Å²) in [5.74, 6) is 0.154. The number of nitrogens with zero attached hydrogens (tertiary/aromatic N) is 1. The minimum Gasteiger partial charge on any atom is -0.410 e. The molecule has 1 fully saturated rings. The number of hydrogen-bond donors (Lipinski definition) is 0. The highest BCUT2D eigenvalue weighted by molar-refractivity contribution is 6.74. The van der Waals surface area contributed by atoms with Gasteiger partial charge >= 0.3 is 6.18 Å². The van der Waals surface area contributed by atoms with E-state index in [9.17, 15) is 13.2 Å². The van der Waals surface area contributed by atoms with Crippen LogP contribution in [0.3, 0.4) is 0 Å². The third kappa shape index (κ3) is 5.09. The van der Waals surface area contributed by atoms with Gasteiger partial charge in [-0.2, -0.15) is 13.2 Å². The van der Waals surface area contributed by atoms with E-state index in [-0.39, 0.29) is 22.5 Å². The Morgan fingerprint density at radius 1 is 1.00 bits per heavy atom. The van der Waals surface area contributed by atoms with Crippen LogP contribution in [0.25, 0.3) is 0 Å². The third-order valence-electron chi connectivity index (χ3n) is 9.89. The smallest absolute Gasteiger partial charge is 0.410 e. The van der Waals surface area contributed by atoms with E-state index in [1.807, 2.05) is 0 Å². The largest absolute Gasteiger partial charge is 0.416 e. The van der Waals surface area contributed by atoms with Crippen molar-refractivity contribution in [3.05, 3.63) is 63.5 Å². The molecular weight excluding hydrogens is 527 g/mol. The molecule has 2 heterocycles. The highest BCUT2D eigenvalue weighted by Gasteiger charge is 2.54. The van der Waals surface area contributed by atoms with Gasteiger partial charge in [0, 0.05) is 22.5 Å². The van der Waals surface area contributed by atoms with Gasteiger partial charge in [-0.15, -0.1) is 0 Å². The molecule has 2 unspecified atom stereocenters. The fourth-order valence-corrected chi connectivity index (χ4v) is 8.13. The van der Waals surface area contributed by atoms with E-state index < -0.39 is 31.8 Å². The molecule has 3 nitrogen and oxygen atoms in total. The second-order valence-corrected chi connectivity index (χ2v) is 19.8. The first kappa shape index (κ1) is 29.8. The van der Waals surface area contributed by atoms with Gasteiger partial charge < -0.3 is 9.16 Å². The average Bonchev–Trinajstić information content (AvgIpc) is 3.41. The first-order chi connectivity index (χ1) is 18.4. The Morgan fingerprint density at radius 3 is 2.12 bits per heavy atom. The van der Waals surface area contributed by atoms with Crippen molar-refractivity contribution < 1.29 is 22.3 Å². The van der Waals surface area contributed by atoms with Gasteiger partial charge in [-0.05, 0) is 78.4 Å². The van der Waals surface area contributed by atoms with Crippen LogP contribution in [0.5, 0.6) is 0 Å². The topological polar surface area (TPSA) is 31.4 Å². The van der Waals surface area contributed by atoms with Gasteiger partial charge in [-0.3, -0.25) is 4.98 Å². The summed E-state index contributed by atoms with van der Waals surface area (Å²) in [7, 11) is -2.12. The lowest BCUT2D eigenvalue weighted by Crippen LogP contribution is -2.44. The lowest BCUT2D eigenvalue weighted by Gasteiger charge is -2.45. The van der Waals surface area contributed by atoms with E-state index >= 15 is 0 Å². The van der Waals surface area contributed by atoms with Gasteiger partial charge in [0.05, 0.1) is 17.3 Å². The number of rotatable bonds is 4. The fourth-order valence-electron chi connectivity index (χ4n) is 6.86. The van der Waals surface area contributed by atoms with Crippen molar-refractivity contribution in [3.63, 3.8) is 0 Å². The molecule has 5 rings (SSSR count). The van der Waals surface area contributed by atoms with Crippen LogP contribution >= 0.6 is 0 Å². The molecule has 1 aromatic carbocycles. The molecule has 0 amide bonds. The Morgan fingerprint density at radius 2 is 1.60 bits per heavy atom. The van der Waals surface area contributed by atoms with Crippen LogP contribution in [0.1, 0.15) is 138 Å². The second-order valence-electron chi connectivity index (χ2n) is 15.0. The molecule has 2 atom stereocenters. The van der Waals surface area contributed by atoms with Crippen LogP contribution in [0, 0.1) is 5.41 Å². The van der Waals surface area contributed by atoms with Crippen LogP contribution < -0.4 is 0 Å². The van der Waals surface area contributed by atoms with Crippen molar-refractivity contribution in [1.29, 1.82) is 0 Å². The molecule has 220 valence electrons. The minimum atomic E-state index is -4.37. The molecule has 2 aliphatic carbocycles. The van der Waals surface area contributed by atoms with Crippen molar-refractivity contribution in [1.82, 2.24) is 4.98 Å². The van der Waals surface area contributed by atoms with Crippen molar-refractivity contribution in [3.8, 4) is 0 Å². The second kappa shape index (κ2) is 9.67. The normalized spacial score (nSPS) is 24.0. The molecule has 1 aliphatic heterocycles. The number of aromatic nitrogens is 1. The first-order valence-corrected chi connectivity index (χ1v) is 17.9. The summed E-state index contributed by atoms with van der Waals surface area (Å²) in [6.07, 6.45) is 0.909. The molecule has 0 bridgehead atoms. The van der Waals surface area contributed by atoms with E-state index in [0.717, 1.165) is 61.0 Å². The Kier molecular flexibility index (Phi) is 7.20. The summed E-state index contributed by atoms with van der Waals surface area (Å²) < 4.78 is 54.6. The van der Waals surface area contributed by atoms with Crippen LogP contribution in [0.2, 0.25) is 18.1 Å². The molecule has 0 saturated heterocycles. The molecule has 1 spiro atoms. The van der Waals surface area contributed by atoms with Gasteiger partial charge in [0.15, 0.2) is 8.32 Å². The van der Waals surface area contributed by atoms with Crippen molar-refractivity contribution in [2.75, 3.05) is 0 Å². The quantitative estimate of drug-likeness (QED) is 0.341. The van der Waals surface area contributed by atoms with E-state index in [2.05, 4.69) is 61.6 Å². The van der Waals surface area contributed by atoms with Crippen LogP contribution in [-0.2, 0) is 27.4 Å². The molecule has 7 heteroatoms. The number of hydrogen-bond acceptors (Lipinski definition) is 3. The van der Waals surface area contributed by atoms with Crippen LogP contribution in [-0.4, -0.2) is 13.3 Å². The van der Waals surface area contributed by atoms with E-state index in [0.29, 0.717) is 0 Å².